The van der Waals surface area contributed by atoms with Crippen molar-refractivity contribution in [2.45, 2.75) is 19.4 Å². The number of imidazole rings is 1. The number of hydrogen-bond acceptors (Lipinski definition) is 5. The van der Waals surface area contributed by atoms with Gasteiger partial charge in [-0.25, -0.2) is 9.37 Å². The van der Waals surface area contributed by atoms with Crippen molar-refractivity contribution in [3.8, 4) is 28.4 Å². The Kier molecular flexibility index (Phi) is 3.89. The number of hydrogen-bond donors (Lipinski definition) is 1. The maximum atomic E-state index is 13.6. The normalized spacial score (nSPS) is 15.4. The fraction of sp³-hybridized carbons (Fsp3) is 0.200. The number of fused-ring (bicyclic) bond motifs is 1. The van der Waals surface area contributed by atoms with Crippen molar-refractivity contribution in [2.75, 3.05) is 6.61 Å². The number of ether oxygens (including phenoxy) is 1. The average molecular weight is 376 g/mol. The number of aryl methyl sites for hydroxylation is 1. The molecule has 4 aromatic rings. The Morgan fingerprint density at radius 1 is 1.21 bits per heavy atom. The van der Waals surface area contributed by atoms with Crippen LogP contribution in [0, 0.1) is 12.7 Å². The van der Waals surface area contributed by atoms with Gasteiger partial charge < -0.3 is 9.30 Å². The van der Waals surface area contributed by atoms with Crippen LogP contribution >= 0.6 is 0 Å². The summed E-state index contributed by atoms with van der Waals surface area (Å²) >= 11 is 0. The van der Waals surface area contributed by atoms with Gasteiger partial charge in [0, 0.05) is 36.0 Å². The molecule has 4 heterocycles. The summed E-state index contributed by atoms with van der Waals surface area (Å²) in [4.78, 5) is 8.92. The Bertz CT molecular complexity index is 1150. The lowest BCUT2D eigenvalue weighted by atomic mass is 10.0. The monoisotopic (exact) mass is 376 g/mol. The van der Waals surface area contributed by atoms with Crippen LogP contribution in [0.1, 0.15) is 17.2 Å². The minimum atomic E-state index is -0.246. The van der Waals surface area contributed by atoms with Gasteiger partial charge in [0.15, 0.2) is 0 Å². The van der Waals surface area contributed by atoms with Crippen LogP contribution in [0.2, 0.25) is 0 Å². The molecule has 0 aliphatic carbocycles. The first-order valence-electron chi connectivity index (χ1n) is 8.96. The second-order valence-electron chi connectivity index (χ2n) is 6.86. The smallest absolute Gasteiger partial charge is 0.123 e. The first kappa shape index (κ1) is 16.6. The average Bonchev–Trinajstić information content (AvgIpc) is 3.43. The van der Waals surface area contributed by atoms with Gasteiger partial charge in [0.05, 0.1) is 24.3 Å². The first-order valence-corrected chi connectivity index (χ1v) is 8.96. The van der Waals surface area contributed by atoms with Crippen LogP contribution in [0.25, 0.3) is 22.6 Å². The van der Waals surface area contributed by atoms with Crippen LogP contribution in [0.15, 0.2) is 49.1 Å². The molecule has 8 heteroatoms. The van der Waals surface area contributed by atoms with Crippen LogP contribution in [-0.4, -0.2) is 36.6 Å². The van der Waals surface area contributed by atoms with Crippen LogP contribution in [0.5, 0.6) is 5.75 Å². The van der Waals surface area contributed by atoms with Crippen LogP contribution in [-0.2, 0) is 6.54 Å². The number of aromatic nitrogens is 6. The second kappa shape index (κ2) is 6.56. The number of nitrogens with zero attached hydrogens (tertiary/aromatic N) is 5. The maximum Gasteiger partial charge on any atom is 0.123 e. The number of halogens is 1. The lowest BCUT2D eigenvalue weighted by Crippen LogP contribution is -2.09. The molecule has 1 aliphatic rings. The molecule has 0 fully saturated rings. The number of H-pyrrole nitrogens is 1. The largest absolute Gasteiger partial charge is 0.493 e. The Balaban J connectivity index is 1.39. The molecule has 0 radical (unpaired) electrons. The number of benzene rings is 1. The van der Waals surface area contributed by atoms with Gasteiger partial charge in [-0.2, -0.15) is 0 Å². The van der Waals surface area contributed by atoms with Gasteiger partial charge in [-0.15, -0.1) is 5.10 Å². The van der Waals surface area contributed by atoms with E-state index in [2.05, 4.69) is 25.4 Å². The zero-order chi connectivity index (χ0) is 19.1. The summed E-state index contributed by atoms with van der Waals surface area (Å²) in [6.45, 7) is 3.12. The third kappa shape index (κ3) is 2.92. The van der Waals surface area contributed by atoms with E-state index in [0.29, 0.717) is 13.2 Å². The summed E-state index contributed by atoms with van der Waals surface area (Å²) in [5, 5.41) is 10.8. The first-order chi connectivity index (χ1) is 13.7. The second-order valence-corrected chi connectivity index (χ2v) is 6.86. The standard InChI is InChI=1S/C20H17FN6O/c1-12-20(25-26-24-12)13-4-5-22-17(6-13)18-9-27(11-23-18)8-14-10-28-19-3-2-15(21)7-16(14)19/h2-7,9,11,14H,8,10H2,1H3,(H,24,25,26)/t14-/m0/s1. The molecular weight excluding hydrogens is 359 g/mol. The van der Waals surface area contributed by atoms with E-state index in [1.165, 1.54) is 6.07 Å². The van der Waals surface area contributed by atoms with Crippen molar-refractivity contribution in [1.82, 2.24) is 29.9 Å². The summed E-state index contributed by atoms with van der Waals surface area (Å²) in [6.07, 6.45) is 5.45. The maximum absolute atomic E-state index is 13.6. The minimum absolute atomic E-state index is 0.0878. The summed E-state index contributed by atoms with van der Waals surface area (Å²) in [5.74, 6) is 0.596. The Morgan fingerprint density at radius 2 is 2.14 bits per heavy atom. The molecule has 1 N–H and O–H groups in total. The molecule has 0 bridgehead atoms. The highest BCUT2D eigenvalue weighted by molar-refractivity contribution is 5.67. The molecule has 1 atom stereocenters. The molecule has 7 nitrogen and oxygen atoms in total. The Morgan fingerprint density at radius 3 is 3.00 bits per heavy atom. The quantitative estimate of drug-likeness (QED) is 0.591. The molecule has 0 spiro atoms. The van der Waals surface area contributed by atoms with E-state index >= 15 is 0 Å². The topological polar surface area (TPSA) is 81.5 Å². The Hall–Kier alpha value is -3.55. The van der Waals surface area contributed by atoms with Gasteiger partial charge in [0.2, 0.25) is 0 Å². The zero-order valence-corrected chi connectivity index (χ0v) is 15.1. The van der Waals surface area contributed by atoms with Crippen LogP contribution in [0.3, 0.4) is 0 Å². The van der Waals surface area contributed by atoms with Crippen molar-refractivity contribution in [2.24, 2.45) is 0 Å². The molecule has 0 saturated heterocycles. The van der Waals surface area contributed by atoms with Crippen molar-refractivity contribution in [1.29, 1.82) is 0 Å². The number of aromatic amines is 1. The van der Waals surface area contributed by atoms with Gasteiger partial charge in [-0.05, 0) is 37.3 Å². The van der Waals surface area contributed by atoms with Crippen LogP contribution in [0.4, 0.5) is 4.39 Å². The number of rotatable bonds is 4. The lowest BCUT2D eigenvalue weighted by Gasteiger charge is -2.09. The molecule has 28 heavy (non-hydrogen) atoms. The van der Waals surface area contributed by atoms with E-state index < -0.39 is 0 Å². The predicted octanol–water partition coefficient (Wildman–Crippen LogP) is 3.35. The molecule has 140 valence electrons. The van der Waals surface area contributed by atoms with Crippen molar-refractivity contribution in [3.05, 3.63) is 66.1 Å². The van der Waals surface area contributed by atoms with Crippen molar-refractivity contribution >= 4 is 0 Å². The summed E-state index contributed by atoms with van der Waals surface area (Å²) in [5.41, 5.74) is 5.05. The zero-order valence-electron chi connectivity index (χ0n) is 15.1. The highest BCUT2D eigenvalue weighted by Crippen LogP contribution is 2.35. The van der Waals surface area contributed by atoms with E-state index in [4.69, 9.17) is 4.74 Å². The molecule has 3 aromatic heterocycles. The summed E-state index contributed by atoms with van der Waals surface area (Å²) < 4.78 is 21.2. The predicted molar refractivity (Wildman–Crippen MR) is 100 cm³/mol. The third-order valence-electron chi connectivity index (χ3n) is 4.93. The molecule has 5 rings (SSSR count). The summed E-state index contributed by atoms with van der Waals surface area (Å²) in [6, 6.07) is 8.50. The molecule has 1 aromatic carbocycles. The van der Waals surface area contributed by atoms with E-state index in [0.717, 1.165) is 39.7 Å². The SMILES string of the molecule is Cc1[nH]nnc1-c1ccnc(-c2cn(C[C@H]3COc4ccc(F)cc43)cn2)c1. The van der Waals surface area contributed by atoms with E-state index in [1.807, 2.05) is 29.8 Å². The van der Waals surface area contributed by atoms with Gasteiger partial charge >= 0.3 is 0 Å². The minimum Gasteiger partial charge on any atom is -0.493 e. The van der Waals surface area contributed by atoms with E-state index in [9.17, 15) is 4.39 Å². The molecule has 1 aliphatic heterocycles. The fourth-order valence-corrected chi connectivity index (χ4v) is 3.52. The van der Waals surface area contributed by atoms with Crippen LogP contribution < -0.4 is 4.74 Å². The van der Waals surface area contributed by atoms with Gasteiger partial charge in [0.1, 0.15) is 23.0 Å². The molecule has 0 unspecified atom stereocenters. The third-order valence-corrected chi connectivity index (χ3v) is 4.93. The molecule has 0 saturated carbocycles. The number of nitrogens with one attached hydrogen (secondary N) is 1. The van der Waals surface area contributed by atoms with Crippen molar-refractivity contribution in [3.63, 3.8) is 0 Å². The summed E-state index contributed by atoms with van der Waals surface area (Å²) in [7, 11) is 0. The molecule has 0 amide bonds. The Labute approximate surface area is 160 Å². The van der Waals surface area contributed by atoms with E-state index in [-0.39, 0.29) is 11.7 Å². The fourth-order valence-electron chi connectivity index (χ4n) is 3.52. The van der Waals surface area contributed by atoms with E-state index in [1.54, 1.807) is 24.7 Å². The lowest BCUT2D eigenvalue weighted by molar-refractivity contribution is 0.319. The van der Waals surface area contributed by atoms with Gasteiger partial charge in [0.25, 0.3) is 0 Å². The van der Waals surface area contributed by atoms with Crippen molar-refractivity contribution < 1.29 is 9.13 Å². The van der Waals surface area contributed by atoms with Gasteiger partial charge in [-0.1, -0.05) is 5.21 Å². The highest BCUT2D eigenvalue weighted by Gasteiger charge is 2.25. The molecular formula is C20H17FN6O. The van der Waals surface area contributed by atoms with Gasteiger partial charge in [-0.3, -0.25) is 10.1 Å². The number of pyridine rings is 1. The highest BCUT2D eigenvalue weighted by atomic mass is 19.1.